The molecule has 3 aromatic carbocycles. The first-order valence-corrected chi connectivity index (χ1v) is 13.6. The van der Waals surface area contributed by atoms with Crippen molar-refractivity contribution in [3.63, 3.8) is 0 Å². The van der Waals surface area contributed by atoms with E-state index in [2.05, 4.69) is 24.3 Å². The third-order valence-electron chi connectivity index (χ3n) is 8.40. The molecule has 1 aliphatic carbocycles. The minimum atomic E-state index is -0.451. The van der Waals surface area contributed by atoms with Gasteiger partial charge in [-0.2, -0.15) is 0 Å². The van der Waals surface area contributed by atoms with Gasteiger partial charge in [-0.15, -0.1) is 0 Å². The number of carbonyl (C=O) groups is 2. The van der Waals surface area contributed by atoms with Gasteiger partial charge in [0.05, 0.1) is 12.2 Å². The number of Topliss-reactive ketones (excluding diaryl/α,β-unsaturated/α-hetero) is 1. The molecule has 6 rings (SSSR count). The molecule has 2 bridgehead atoms. The van der Waals surface area contributed by atoms with Crippen LogP contribution in [0.25, 0.3) is 11.1 Å². The molecule has 2 aliphatic heterocycles. The lowest BCUT2D eigenvalue weighted by molar-refractivity contribution is 0.00643. The van der Waals surface area contributed by atoms with E-state index in [1.807, 2.05) is 36.1 Å². The summed E-state index contributed by atoms with van der Waals surface area (Å²) in [6, 6.07) is 20.6. The molecule has 0 spiro atoms. The Morgan fingerprint density at radius 2 is 1.55 bits per heavy atom. The maximum atomic E-state index is 14.0. The van der Waals surface area contributed by atoms with Crippen molar-refractivity contribution in [1.82, 2.24) is 4.90 Å². The number of amides is 1. The molecule has 0 aromatic heterocycles. The van der Waals surface area contributed by atoms with Crippen LogP contribution in [0.2, 0.25) is 0 Å². The molecule has 2 heterocycles. The Morgan fingerprint density at radius 3 is 2.18 bits per heavy atom. The summed E-state index contributed by atoms with van der Waals surface area (Å²) in [4.78, 5) is 28.9. The Labute approximate surface area is 222 Å². The van der Waals surface area contributed by atoms with Crippen molar-refractivity contribution in [2.24, 2.45) is 5.92 Å². The Bertz CT molecular complexity index is 1310. The monoisotopic (exact) mass is 513 g/mol. The smallest absolute Gasteiger partial charge is 0.410 e. The number of piperidine rings is 2. The lowest BCUT2D eigenvalue weighted by Crippen LogP contribution is -2.55. The maximum Gasteiger partial charge on any atom is 0.410 e. The Morgan fingerprint density at radius 1 is 0.921 bits per heavy atom. The zero-order valence-corrected chi connectivity index (χ0v) is 21.6. The highest BCUT2D eigenvalue weighted by Gasteiger charge is 2.44. The zero-order valence-electron chi connectivity index (χ0n) is 21.6. The van der Waals surface area contributed by atoms with E-state index in [9.17, 15) is 14.0 Å². The van der Waals surface area contributed by atoms with Gasteiger partial charge in [0.2, 0.25) is 0 Å². The zero-order chi connectivity index (χ0) is 26.2. The van der Waals surface area contributed by atoms with Crippen LogP contribution in [0.4, 0.5) is 9.18 Å². The molecule has 0 radical (unpaired) electrons. The van der Waals surface area contributed by atoms with Crippen molar-refractivity contribution < 1.29 is 23.5 Å². The van der Waals surface area contributed by atoms with Crippen LogP contribution in [-0.2, 0) is 4.74 Å². The molecule has 1 amide bonds. The number of fused-ring (bicyclic) bond motifs is 5. The minimum absolute atomic E-state index is 0.00951. The largest absolute Gasteiger partial charge is 0.493 e. The number of ketones is 1. The highest BCUT2D eigenvalue weighted by Crippen LogP contribution is 2.45. The van der Waals surface area contributed by atoms with Gasteiger partial charge in [0, 0.05) is 23.9 Å². The number of hydrogen-bond acceptors (Lipinski definition) is 4. The van der Waals surface area contributed by atoms with Crippen molar-refractivity contribution in [3.8, 4) is 16.9 Å². The minimum Gasteiger partial charge on any atom is -0.493 e. The van der Waals surface area contributed by atoms with E-state index in [1.54, 1.807) is 0 Å². The summed E-state index contributed by atoms with van der Waals surface area (Å²) in [5.41, 5.74) is 5.06. The molecule has 2 atom stereocenters. The number of carbonyl (C=O) groups excluding carboxylic acids is 2. The summed E-state index contributed by atoms with van der Waals surface area (Å²) in [6.45, 7) is 2.53. The fraction of sp³-hybridized carbons (Fsp3) is 0.375. The van der Waals surface area contributed by atoms with Gasteiger partial charge in [-0.1, -0.05) is 48.5 Å². The molecule has 2 saturated heterocycles. The highest BCUT2D eigenvalue weighted by molar-refractivity contribution is 6.00. The quantitative estimate of drug-likeness (QED) is 0.334. The second-order valence-corrected chi connectivity index (χ2v) is 10.6. The van der Waals surface area contributed by atoms with Gasteiger partial charge < -0.3 is 14.4 Å². The predicted octanol–water partition coefficient (Wildman–Crippen LogP) is 6.99. The van der Waals surface area contributed by atoms with Crippen LogP contribution in [0.15, 0.2) is 66.7 Å². The van der Waals surface area contributed by atoms with Gasteiger partial charge in [-0.3, -0.25) is 4.79 Å². The first-order chi connectivity index (χ1) is 18.5. The summed E-state index contributed by atoms with van der Waals surface area (Å²) >= 11 is 0. The lowest BCUT2D eigenvalue weighted by atomic mass is 9.75. The van der Waals surface area contributed by atoms with E-state index >= 15 is 0 Å². The summed E-state index contributed by atoms with van der Waals surface area (Å²) in [7, 11) is 0. The van der Waals surface area contributed by atoms with E-state index in [1.165, 1.54) is 40.5 Å². The van der Waals surface area contributed by atoms with E-state index in [4.69, 9.17) is 9.47 Å². The van der Waals surface area contributed by atoms with Crippen LogP contribution in [0, 0.1) is 11.7 Å². The number of nitrogens with zero attached hydrogens (tertiary/aromatic N) is 1. The van der Waals surface area contributed by atoms with Crippen LogP contribution in [0.3, 0.4) is 0 Å². The molecule has 3 aromatic rings. The van der Waals surface area contributed by atoms with Crippen molar-refractivity contribution >= 4 is 11.9 Å². The van der Waals surface area contributed by atoms with Crippen molar-refractivity contribution in [1.29, 1.82) is 0 Å². The summed E-state index contributed by atoms with van der Waals surface area (Å²) in [6.07, 6.45) is 3.52. The molecular formula is C32H32FNO4. The molecule has 3 aliphatic rings. The van der Waals surface area contributed by atoms with Crippen molar-refractivity contribution in [2.75, 3.05) is 13.2 Å². The first kappa shape index (κ1) is 24.7. The summed E-state index contributed by atoms with van der Waals surface area (Å²) in [5.74, 6) is -0.396. The van der Waals surface area contributed by atoms with Crippen LogP contribution in [0.5, 0.6) is 5.75 Å². The van der Waals surface area contributed by atoms with Gasteiger partial charge in [-0.25, -0.2) is 9.18 Å². The average Bonchev–Trinajstić information content (AvgIpc) is 3.25. The Hall–Kier alpha value is -3.67. The lowest BCUT2D eigenvalue weighted by Gasteiger charge is -2.47. The second-order valence-electron chi connectivity index (χ2n) is 10.6. The van der Waals surface area contributed by atoms with Crippen LogP contribution >= 0.6 is 0 Å². The Kier molecular flexibility index (Phi) is 6.64. The number of halogens is 1. The molecule has 5 nitrogen and oxygen atoms in total. The average molecular weight is 514 g/mol. The summed E-state index contributed by atoms with van der Waals surface area (Å²) in [5, 5.41) is 0. The van der Waals surface area contributed by atoms with E-state index in [0.29, 0.717) is 30.8 Å². The first-order valence-electron chi connectivity index (χ1n) is 13.6. The molecular weight excluding hydrogens is 481 g/mol. The second kappa shape index (κ2) is 10.2. The summed E-state index contributed by atoms with van der Waals surface area (Å²) < 4.78 is 25.6. The molecule has 2 unspecified atom stereocenters. The molecule has 196 valence electrons. The third kappa shape index (κ3) is 4.36. The third-order valence-corrected chi connectivity index (χ3v) is 8.40. The fourth-order valence-electron chi connectivity index (χ4n) is 6.76. The van der Waals surface area contributed by atoms with Gasteiger partial charge in [0.15, 0.2) is 5.78 Å². The maximum absolute atomic E-state index is 14.0. The molecule has 0 N–H and O–H groups in total. The highest BCUT2D eigenvalue weighted by atomic mass is 19.1. The van der Waals surface area contributed by atoms with Crippen LogP contribution < -0.4 is 4.74 Å². The number of rotatable bonds is 6. The van der Waals surface area contributed by atoms with Crippen molar-refractivity contribution in [2.45, 2.75) is 57.0 Å². The molecule has 2 fully saturated rings. The van der Waals surface area contributed by atoms with Gasteiger partial charge in [0.1, 0.15) is 18.2 Å². The van der Waals surface area contributed by atoms with E-state index < -0.39 is 5.82 Å². The van der Waals surface area contributed by atoms with Gasteiger partial charge in [-0.05, 0) is 79.5 Å². The van der Waals surface area contributed by atoms with E-state index in [0.717, 1.165) is 19.3 Å². The van der Waals surface area contributed by atoms with Gasteiger partial charge >= 0.3 is 6.09 Å². The van der Waals surface area contributed by atoms with Crippen molar-refractivity contribution in [3.05, 3.63) is 89.2 Å². The van der Waals surface area contributed by atoms with E-state index in [-0.39, 0.29) is 42.4 Å². The number of hydrogen-bond donors (Lipinski definition) is 0. The molecule has 38 heavy (non-hydrogen) atoms. The molecule has 0 saturated carbocycles. The standard InChI is InChI=1S/C32H32FNO4/c1-2-37-30-15-14-21(33)18-28(30)31(35)20-16-22-8-7-9-23(17-20)34(22)32(36)38-19-29-26-12-5-3-10-24(26)25-11-4-6-13-27(25)29/h3-6,10-15,18,20,22-23,29H,2,7-9,16-17,19H2,1H3. The van der Waals surface area contributed by atoms with Crippen LogP contribution in [0.1, 0.15) is 66.4 Å². The number of ether oxygens (including phenoxy) is 2. The SMILES string of the molecule is CCOc1ccc(F)cc1C(=O)C1CC2CCCC(C1)N2C(=O)OCC1c2ccccc2-c2ccccc21. The Balaban J connectivity index is 1.17. The molecule has 6 heteroatoms. The normalized spacial score (nSPS) is 21.9. The van der Waals surface area contributed by atoms with Gasteiger partial charge in [0.25, 0.3) is 0 Å². The fourth-order valence-corrected chi connectivity index (χ4v) is 6.76. The predicted molar refractivity (Wildman–Crippen MR) is 143 cm³/mol. The van der Waals surface area contributed by atoms with Crippen LogP contribution in [-0.4, -0.2) is 42.1 Å². The topological polar surface area (TPSA) is 55.8 Å². The number of benzene rings is 3.